The Hall–Kier alpha value is -0.900. The average molecular weight is 262 g/mol. The van der Waals surface area contributed by atoms with Gasteiger partial charge < -0.3 is 5.32 Å². The van der Waals surface area contributed by atoms with Crippen molar-refractivity contribution in [3.8, 4) is 0 Å². The first-order chi connectivity index (χ1) is 8.81. The van der Waals surface area contributed by atoms with E-state index in [0.29, 0.717) is 24.3 Å². The highest BCUT2D eigenvalue weighted by Gasteiger charge is 2.50. The number of carbonyl (C=O) groups is 1. The maximum absolute atomic E-state index is 11.9. The maximum atomic E-state index is 11.9. The van der Waals surface area contributed by atoms with Crippen molar-refractivity contribution in [3.05, 3.63) is 16.1 Å². The van der Waals surface area contributed by atoms with Gasteiger partial charge in [0.2, 0.25) is 5.91 Å². The van der Waals surface area contributed by atoms with Gasteiger partial charge in [0.15, 0.2) is 0 Å². The second kappa shape index (κ2) is 4.05. The second-order valence-corrected chi connectivity index (χ2v) is 6.94. The predicted octanol–water partition coefficient (Wildman–Crippen LogP) is 2.68. The van der Waals surface area contributed by atoms with E-state index in [4.69, 9.17) is 0 Å². The Morgan fingerprint density at radius 1 is 1.39 bits per heavy atom. The van der Waals surface area contributed by atoms with Crippen molar-refractivity contribution >= 4 is 17.2 Å². The Morgan fingerprint density at radius 2 is 2.22 bits per heavy atom. The highest BCUT2D eigenvalue weighted by atomic mass is 32.1. The molecule has 3 fully saturated rings. The van der Waals surface area contributed by atoms with Crippen molar-refractivity contribution in [1.82, 2.24) is 10.3 Å². The summed E-state index contributed by atoms with van der Waals surface area (Å²) in [6.07, 6.45) is 6.42. The van der Waals surface area contributed by atoms with Gasteiger partial charge in [0.1, 0.15) is 5.01 Å². The largest absolute Gasteiger partial charge is 0.349 e. The zero-order chi connectivity index (χ0) is 12.1. The molecule has 18 heavy (non-hydrogen) atoms. The molecule has 0 saturated heterocycles. The first-order valence-corrected chi connectivity index (χ1v) is 7.91. The molecule has 1 aromatic heterocycles. The third-order valence-corrected chi connectivity index (χ3v) is 5.25. The molecule has 0 aromatic carbocycles. The van der Waals surface area contributed by atoms with E-state index in [2.05, 4.69) is 15.7 Å². The van der Waals surface area contributed by atoms with Crippen LogP contribution in [0.3, 0.4) is 0 Å². The molecule has 4 rings (SSSR count). The summed E-state index contributed by atoms with van der Waals surface area (Å²) in [5.74, 6) is 2.88. The molecule has 1 amide bonds. The van der Waals surface area contributed by atoms with Gasteiger partial charge in [0.25, 0.3) is 0 Å². The molecule has 1 aromatic rings. The first kappa shape index (κ1) is 11.0. The fourth-order valence-corrected chi connectivity index (χ4v) is 3.64. The van der Waals surface area contributed by atoms with Crippen molar-refractivity contribution < 1.29 is 4.79 Å². The highest BCUT2D eigenvalue weighted by Crippen LogP contribution is 2.54. The van der Waals surface area contributed by atoms with Crippen LogP contribution in [-0.4, -0.2) is 10.9 Å². The summed E-state index contributed by atoms with van der Waals surface area (Å²) < 4.78 is 0. The van der Waals surface area contributed by atoms with E-state index in [1.54, 1.807) is 11.3 Å². The summed E-state index contributed by atoms with van der Waals surface area (Å²) in [6.45, 7) is 0.629. The van der Waals surface area contributed by atoms with Crippen molar-refractivity contribution in [2.24, 2.45) is 17.8 Å². The molecule has 0 bridgehead atoms. The van der Waals surface area contributed by atoms with E-state index in [0.717, 1.165) is 17.3 Å². The molecule has 4 heteroatoms. The van der Waals surface area contributed by atoms with Crippen LogP contribution in [0, 0.1) is 17.8 Å². The number of thiazole rings is 1. The third-order valence-electron chi connectivity index (χ3n) is 4.38. The molecule has 0 aliphatic heterocycles. The molecule has 1 N–H and O–H groups in total. The smallest absolute Gasteiger partial charge is 0.223 e. The molecule has 3 aliphatic carbocycles. The lowest BCUT2D eigenvalue weighted by atomic mass is 10.2. The van der Waals surface area contributed by atoms with Gasteiger partial charge in [-0.2, -0.15) is 0 Å². The number of rotatable bonds is 5. The summed E-state index contributed by atoms with van der Waals surface area (Å²) in [4.78, 5) is 16.5. The van der Waals surface area contributed by atoms with Gasteiger partial charge in [-0.05, 0) is 43.9 Å². The molecule has 96 valence electrons. The van der Waals surface area contributed by atoms with E-state index >= 15 is 0 Å². The van der Waals surface area contributed by atoms with Crippen LogP contribution in [0.4, 0.5) is 0 Å². The van der Waals surface area contributed by atoms with E-state index in [9.17, 15) is 4.79 Å². The Balaban J connectivity index is 1.28. The molecule has 1 heterocycles. The standard InChI is InChI=1S/C14H18N2OS/c17-14(11-5-10(11)8-1-2-8)15-6-13-16-12(7-18-13)9-3-4-9/h7-11H,1-6H2,(H,15,17). The minimum absolute atomic E-state index is 0.259. The van der Waals surface area contributed by atoms with Crippen LogP contribution in [0.2, 0.25) is 0 Å². The fourth-order valence-electron chi connectivity index (χ4n) is 2.83. The van der Waals surface area contributed by atoms with E-state index in [1.165, 1.54) is 31.4 Å². The summed E-state index contributed by atoms with van der Waals surface area (Å²) in [6, 6.07) is 0. The lowest BCUT2D eigenvalue weighted by Crippen LogP contribution is -2.25. The Labute approximate surface area is 111 Å². The molecule has 3 aliphatic rings. The molecule has 0 radical (unpaired) electrons. The zero-order valence-corrected chi connectivity index (χ0v) is 11.2. The number of carbonyl (C=O) groups excluding carboxylic acids is 1. The van der Waals surface area contributed by atoms with Crippen LogP contribution in [0.25, 0.3) is 0 Å². The lowest BCUT2D eigenvalue weighted by Gasteiger charge is -2.01. The average Bonchev–Trinajstić information content (AvgIpc) is 3.23. The molecular weight excluding hydrogens is 244 g/mol. The molecule has 3 saturated carbocycles. The van der Waals surface area contributed by atoms with Gasteiger partial charge in [-0.25, -0.2) is 4.98 Å². The van der Waals surface area contributed by atoms with Gasteiger partial charge in [0.05, 0.1) is 12.2 Å². The number of nitrogens with zero attached hydrogens (tertiary/aromatic N) is 1. The summed E-state index contributed by atoms with van der Waals surface area (Å²) in [7, 11) is 0. The van der Waals surface area contributed by atoms with Crippen LogP contribution in [0.1, 0.15) is 48.7 Å². The minimum atomic E-state index is 0.259. The second-order valence-electron chi connectivity index (χ2n) is 6.00. The van der Waals surface area contributed by atoms with Crippen molar-refractivity contribution in [2.45, 2.75) is 44.6 Å². The van der Waals surface area contributed by atoms with E-state index in [-0.39, 0.29) is 5.91 Å². The summed E-state index contributed by atoms with van der Waals surface area (Å²) in [5.41, 5.74) is 1.24. The Kier molecular flexibility index (Phi) is 2.47. The quantitative estimate of drug-likeness (QED) is 0.886. The lowest BCUT2D eigenvalue weighted by molar-refractivity contribution is -0.122. The Morgan fingerprint density at radius 3 is 2.94 bits per heavy atom. The minimum Gasteiger partial charge on any atom is -0.349 e. The number of aromatic nitrogens is 1. The van der Waals surface area contributed by atoms with Crippen LogP contribution in [-0.2, 0) is 11.3 Å². The SMILES string of the molecule is O=C(NCc1nc(C2CC2)cs1)C1CC1C1CC1. The van der Waals surface area contributed by atoms with Gasteiger partial charge >= 0.3 is 0 Å². The van der Waals surface area contributed by atoms with Crippen molar-refractivity contribution in [1.29, 1.82) is 0 Å². The molecular formula is C14H18N2OS. The predicted molar refractivity (Wildman–Crippen MR) is 70.3 cm³/mol. The normalized spacial score (nSPS) is 30.2. The molecule has 2 atom stereocenters. The van der Waals surface area contributed by atoms with Crippen LogP contribution < -0.4 is 5.32 Å². The van der Waals surface area contributed by atoms with E-state index in [1.807, 2.05) is 0 Å². The van der Waals surface area contributed by atoms with Gasteiger partial charge in [0, 0.05) is 17.2 Å². The number of nitrogens with one attached hydrogen (secondary N) is 1. The number of hydrogen-bond acceptors (Lipinski definition) is 3. The molecule has 0 spiro atoms. The summed E-state index contributed by atoms with van der Waals surface area (Å²) in [5, 5.41) is 6.27. The van der Waals surface area contributed by atoms with Gasteiger partial charge in [-0.15, -0.1) is 11.3 Å². The van der Waals surface area contributed by atoms with Crippen molar-refractivity contribution in [2.75, 3.05) is 0 Å². The van der Waals surface area contributed by atoms with Gasteiger partial charge in [-0.1, -0.05) is 0 Å². The monoisotopic (exact) mass is 262 g/mol. The third kappa shape index (κ3) is 2.18. The maximum Gasteiger partial charge on any atom is 0.223 e. The first-order valence-electron chi connectivity index (χ1n) is 7.03. The highest BCUT2D eigenvalue weighted by molar-refractivity contribution is 7.09. The number of hydrogen-bond donors (Lipinski definition) is 1. The Bertz CT molecular complexity index is 476. The van der Waals surface area contributed by atoms with Crippen molar-refractivity contribution in [3.63, 3.8) is 0 Å². The van der Waals surface area contributed by atoms with E-state index < -0.39 is 0 Å². The van der Waals surface area contributed by atoms with Crippen LogP contribution in [0.5, 0.6) is 0 Å². The molecule has 2 unspecified atom stereocenters. The topological polar surface area (TPSA) is 42.0 Å². The molecule has 3 nitrogen and oxygen atoms in total. The van der Waals surface area contributed by atoms with Gasteiger partial charge in [-0.3, -0.25) is 4.79 Å². The van der Waals surface area contributed by atoms with Crippen LogP contribution >= 0.6 is 11.3 Å². The number of amides is 1. The summed E-state index contributed by atoms with van der Waals surface area (Å²) >= 11 is 1.69. The van der Waals surface area contributed by atoms with Crippen LogP contribution in [0.15, 0.2) is 5.38 Å². The zero-order valence-electron chi connectivity index (χ0n) is 10.4. The fraction of sp³-hybridized carbons (Fsp3) is 0.714.